The number of carbonyl (C=O) groups is 3. The highest BCUT2D eigenvalue weighted by Crippen LogP contribution is 2.23. The minimum absolute atomic E-state index is 0.214. The average molecular weight is 343 g/mol. The van der Waals surface area contributed by atoms with Gasteiger partial charge in [0.15, 0.2) is 17.0 Å². The molecule has 1 aromatic rings. The Bertz CT molecular complexity index is 568. The number of ether oxygens (including phenoxy) is 1. The predicted molar refractivity (Wildman–Crippen MR) is 68.9 cm³/mol. The van der Waals surface area contributed by atoms with Crippen molar-refractivity contribution in [2.24, 2.45) is 0 Å². The number of nitrogens with zero attached hydrogens (tertiary/aromatic N) is 2. The maximum absolute atomic E-state index is 12.2. The van der Waals surface area contributed by atoms with E-state index in [2.05, 4.69) is 20.7 Å². The number of imide groups is 1. The summed E-state index contributed by atoms with van der Waals surface area (Å²) in [6.07, 6.45) is -0.0795. The monoisotopic (exact) mass is 342 g/mol. The van der Waals surface area contributed by atoms with Gasteiger partial charge in [0.05, 0.1) is 6.04 Å². The lowest BCUT2D eigenvalue weighted by atomic mass is 10.2. The van der Waals surface area contributed by atoms with Crippen molar-refractivity contribution in [3.05, 3.63) is 22.6 Å². The van der Waals surface area contributed by atoms with Crippen molar-refractivity contribution < 1.29 is 23.5 Å². The molecule has 106 valence electrons. The van der Waals surface area contributed by atoms with E-state index in [0.717, 1.165) is 4.90 Å². The number of halogens is 1. The second-order valence-electron chi connectivity index (χ2n) is 4.62. The average Bonchev–Trinajstić information content (AvgIpc) is 3.10. The Morgan fingerprint density at radius 3 is 2.75 bits per heavy atom. The molecule has 3 amide bonds. The second kappa shape index (κ2) is 4.93. The summed E-state index contributed by atoms with van der Waals surface area (Å²) in [5.74, 6) is -0.374. The summed E-state index contributed by atoms with van der Waals surface area (Å²) < 4.78 is 10.4. The highest BCUT2D eigenvalue weighted by atomic mass is 79.9. The molecule has 3 heterocycles. The van der Waals surface area contributed by atoms with Crippen LogP contribution in [0.2, 0.25) is 0 Å². The van der Waals surface area contributed by atoms with Gasteiger partial charge in [0.1, 0.15) is 0 Å². The van der Waals surface area contributed by atoms with E-state index in [4.69, 9.17) is 4.42 Å². The predicted octanol–water partition coefficient (Wildman–Crippen LogP) is 1.24. The zero-order chi connectivity index (χ0) is 14.3. The van der Waals surface area contributed by atoms with E-state index in [1.54, 1.807) is 17.0 Å². The van der Waals surface area contributed by atoms with Crippen molar-refractivity contribution in [3.63, 3.8) is 0 Å². The van der Waals surface area contributed by atoms with Crippen molar-refractivity contribution in [2.45, 2.75) is 12.5 Å². The van der Waals surface area contributed by atoms with E-state index in [9.17, 15) is 14.4 Å². The summed E-state index contributed by atoms with van der Waals surface area (Å²) in [4.78, 5) is 37.9. The Balaban J connectivity index is 1.69. The van der Waals surface area contributed by atoms with E-state index in [0.29, 0.717) is 24.2 Å². The first-order valence-corrected chi connectivity index (χ1v) is 6.89. The highest BCUT2D eigenvalue weighted by Gasteiger charge is 2.41. The Labute approximate surface area is 122 Å². The molecule has 8 heteroatoms. The van der Waals surface area contributed by atoms with Gasteiger partial charge in [-0.25, -0.2) is 9.69 Å². The number of amides is 3. The van der Waals surface area contributed by atoms with Crippen LogP contribution >= 0.6 is 15.9 Å². The molecule has 0 aliphatic carbocycles. The number of hydrogen-bond donors (Lipinski definition) is 0. The lowest BCUT2D eigenvalue weighted by Crippen LogP contribution is -2.41. The summed E-state index contributed by atoms with van der Waals surface area (Å²) in [6.45, 7) is 0.561. The van der Waals surface area contributed by atoms with Crippen LogP contribution in [0, 0.1) is 0 Å². The number of hydrogen-bond acceptors (Lipinski definition) is 5. The molecule has 1 aromatic heterocycles. The summed E-state index contributed by atoms with van der Waals surface area (Å²) in [5.41, 5.74) is 0. The molecule has 0 unspecified atom stereocenters. The lowest BCUT2D eigenvalue weighted by Gasteiger charge is -2.19. The molecule has 20 heavy (non-hydrogen) atoms. The zero-order valence-electron chi connectivity index (χ0n) is 10.4. The molecule has 0 bridgehead atoms. The maximum Gasteiger partial charge on any atom is 0.417 e. The first-order chi connectivity index (χ1) is 9.56. The van der Waals surface area contributed by atoms with Crippen LogP contribution in [-0.4, -0.2) is 53.4 Å². The van der Waals surface area contributed by atoms with Gasteiger partial charge < -0.3 is 14.1 Å². The van der Waals surface area contributed by atoms with E-state index >= 15 is 0 Å². The van der Waals surface area contributed by atoms with Crippen molar-refractivity contribution >= 4 is 33.8 Å². The molecule has 7 nitrogen and oxygen atoms in total. The molecular weight excluding hydrogens is 332 g/mol. The van der Waals surface area contributed by atoms with Gasteiger partial charge >= 0.3 is 6.09 Å². The Kier molecular flexibility index (Phi) is 3.25. The standard InChI is InChI=1S/C12H11BrN2O5/c13-9-2-1-8(20-9)11(17)14-4-3-7(5-14)15-10(16)6-19-12(15)18/h1-2,7H,3-6H2/t7-/m1/s1. The van der Waals surface area contributed by atoms with Gasteiger partial charge in [-0.1, -0.05) is 0 Å². The van der Waals surface area contributed by atoms with Crippen molar-refractivity contribution in [2.75, 3.05) is 19.7 Å². The molecule has 0 spiro atoms. The molecule has 2 fully saturated rings. The van der Waals surface area contributed by atoms with Gasteiger partial charge in [0.2, 0.25) is 0 Å². The van der Waals surface area contributed by atoms with Gasteiger partial charge in [-0.3, -0.25) is 9.59 Å². The quantitative estimate of drug-likeness (QED) is 0.807. The van der Waals surface area contributed by atoms with Crippen LogP contribution in [-0.2, 0) is 9.53 Å². The Morgan fingerprint density at radius 1 is 1.35 bits per heavy atom. The largest absolute Gasteiger partial charge is 0.444 e. The smallest absolute Gasteiger partial charge is 0.417 e. The number of rotatable bonds is 2. The summed E-state index contributed by atoms with van der Waals surface area (Å²) in [7, 11) is 0. The molecule has 0 saturated carbocycles. The van der Waals surface area contributed by atoms with Gasteiger partial charge in [-0.2, -0.15) is 0 Å². The number of furan rings is 1. The maximum atomic E-state index is 12.2. The number of likely N-dealkylation sites (tertiary alicyclic amines) is 1. The second-order valence-corrected chi connectivity index (χ2v) is 5.40. The first kappa shape index (κ1) is 13.2. The van der Waals surface area contributed by atoms with Crippen molar-refractivity contribution in [3.8, 4) is 0 Å². The summed E-state index contributed by atoms with van der Waals surface area (Å²) >= 11 is 3.14. The third kappa shape index (κ3) is 2.20. The molecule has 1 atom stereocenters. The molecule has 2 aliphatic rings. The zero-order valence-corrected chi connectivity index (χ0v) is 12.0. The fourth-order valence-electron chi connectivity index (χ4n) is 2.44. The molecule has 0 aromatic carbocycles. The molecule has 3 rings (SSSR count). The molecule has 2 aliphatic heterocycles. The summed E-state index contributed by atoms with van der Waals surface area (Å²) in [5, 5.41) is 0. The van der Waals surface area contributed by atoms with Gasteiger partial charge in [-0.05, 0) is 34.5 Å². The number of carbonyl (C=O) groups excluding carboxylic acids is 3. The van der Waals surface area contributed by atoms with E-state index in [1.165, 1.54) is 0 Å². The van der Waals surface area contributed by atoms with Crippen LogP contribution in [0.5, 0.6) is 0 Å². The topological polar surface area (TPSA) is 80.1 Å². The third-order valence-electron chi connectivity index (χ3n) is 3.38. The number of cyclic esters (lactones) is 1. The van der Waals surface area contributed by atoms with Crippen LogP contribution in [0.15, 0.2) is 21.2 Å². The lowest BCUT2D eigenvalue weighted by molar-refractivity contribution is -0.127. The van der Waals surface area contributed by atoms with Gasteiger partial charge in [-0.15, -0.1) is 0 Å². The Morgan fingerprint density at radius 2 is 2.15 bits per heavy atom. The van der Waals surface area contributed by atoms with Crippen LogP contribution in [0.3, 0.4) is 0 Å². The molecule has 0 N–H and O–H groups in total. The normalized spacial score (nSPS) is 22.6. The van der Waals surface area contributed by atoms with Crippen LogP contribution in [0.25, 0.3) is 0 Å². The highest BCUT2D eigenvalue weighted by molar-refractivity contribution is 9.10. The van der Waals surface area contributed by atoms with Gasteiger partial charge in [0, 0.05) is 13.1 Å². The van der Waals surface area contributed by atoms with E-state index < -0.39 is 6.09 Å². The molecule has 0 radical (unpaired) electrons. The summed E-state index contributed by atoms with van der Waals surface area (Å²) in [6, 6.07) is 2.90. The first-order valence-electron chi connectivity index (χ1n) is 6.09. The SMILES string of the molecule is O=C(c1ccc(Br)o1)N1CC[C@@H](N2C(=O)COC2=O)C1. The van der Waals surface area contributed by atoms with Crippen molar-refractivity contribution in [1.82, 2.24) is 9.80 Å². The van der Waals surface area contributed by atoms with Gasteiger partial charge in [0.25, 0.3) is 11.8 Å². The minimum Gasteiger partial charge on any atom is -0.444 e. The van der Waals surface area contributed by atoms with Crippen molar-refractivity contribution in [1.29, 1.82) is 0 Å². The third-order valence-corrected chi connectivity index (χ3v) is 3.81. The fourth-order valence-corrected chi connectivity index (χ4v) is 2.75. The van der Waals surface area contributed by atoms with E-state index in [1.807, 2.05) is 0 Å². The molecular formula is C12H11BrN2O5. The molecule has 2 saturated heterocycles. The minimum atomic E-state index is -0.630. The van der Waals surface area contributed by atoms with Crippen LogP contribution < -0.4 is 0 Å². The van der Waals surface area contributed by atoms with E-state index in [-0.39, 0.29) is 30.2 Å². The Hall–Kier alpha value is -1.83. The van der Waals surface area contributed by atoms with Crippen LogP contribution in [0.4, 0.5) is 4.79 Å². The fraction of sp³-hybridized carbons (Fsp3) is 0.417. The van der Waals surface area contributed by atoms with Crippen LogP contribution in [0.1, 0.15) is 17.0 Å².